The van der Waals surface area contributed by atoms with Crippen molar-refractivity contribution in [2.24, 2.45) is 5.92 Å². The van der Waals surface area contributed by atoms with E-state index < -0.39 is 11.9 Å². The molecule has 1 aliphatic heterocycles. The maximum Gasteiger partial charge on any atom is 0.339 e. The van der Waals surface area contributed by atoms with Crippen molar-refractivity contribution in [1.82, 2.24) is 9.80 Å². The normalized spacial score (nSPS) is 17.6. The Morgan fingerprint density at radius 2 is 1.35 bits per heavy atom. The average Bonchev–Trinajstić information content (AvgIpc) is 2.92. The molecule has 1 saturated carbocycles. The van der Waals surface area contributed by atoms with E-state index in [-0.39, 0.29) is 30.5 Å². The van der Waals surface area contributed by atoms with Gasteiger partial charge in [-0.2, -0.15) is 0 Å². The molecule has 0 radical (unpaired) electrons. The minimum absolute atomic E-state index is 0.00930. The Kier molecular flexibility index (Phi) is 15.2. The number of rotatable bonds is 13. The highest BCUT2D eigenvalue weighted by Crippen LogP contribution is 2.35. The lowest BCUT2D eigenvalue weighted by molar-refractivity contribution is -0.142. The van der Waals surface area contributed by atoms with Crippen LogP contribution in [0.1, 0.15) is 54.4 Å². The molecule has 0 aromatic heterocycles. The summed E-state index contributed by atoms with van der Waals surface area (Å²) in [5, 5.41) is 37.2. The van der Waals surface area contributed by atoms with E-state index in [9.17, 15) is 19.8 Å². The Balaban J connectivity index is 0.000000282. The van der Waals surface area contributed by atoms with E-state index in [1.807, 2.05) is 32.9 Å². The van der Waals surface area contributed by atoms with Gasteiger partial charge in [0.25, 0.3) is 0 Å². The summed E-state index contributed by atoms with van der Waals surface area (Å²) in [7, 11) is 0. The van der Waals surface area contributed by atoms with Gasteiger partial charge in [0.1, 0.15) is 17.9 Å². The van der Waals surface area contributed by atoms with E-state index in [2.05, 4.69) is 9.80 Å². The van der Waals surface area contributed by atoms with Crippen LogP contribution in [0.5, 0.6) is 0 Å². The van der Waals surface area contributed by atoms with Crippen molar-refractivity contribution in [3.05, 3.63) is 40.1 Å². The number of aryl methyl sites for hydroxylation is 3. The van der Waals surface area contributed by atoms with Crippen molar-refractivity contribution >= 4 is 17.5 Å². The molecule has 0 spiro atoms. The van der Waals surface area contributed by atoms with Crippen LogP contribution in [0.4, 0.5) is 0 Å². The number of carbonyl (C=O) groups is 2. The molecule has 10 nitrogen and oxygen atoms in total. The Labute approximate surface area is 238 Å². The summed E-state index contributed by atoms with van der Waals surface area (Å²) >= 11 is 0. The zero-order valence-corrected chi connectivity index (χ0v) is 24.4. The van der Waals surface area contributed by atoms with Crippen LogP contribution < -0.4 is 0 Å². The molecule has 1 saturated heterocycles. The van der Waals surface area contributed by atoms with Gasteiger partial charge in [-0.15, -0.1) is 0 Å². The first-order valence-corrected chi connectivity index (χ1v) is 14.3. The van der Waals surface area contributed by atoms with Crippen LogP contribution in [0.15, 0.2) is 17.9 Å². The maximum absolute atomic E-state index is 11.8. The monoisotopic (exact) mass is 564 g/mol. The van der Waals surface area contributed by atoms with Gasteiger partial charge in [-0.3, -0.25) is 9.80 Å². The molecule has 0 atom stereocenters. The number of hydrogen-bond acceptors (Lipinski definition) is 8. The molecule has 40 heavy (non-hydrogen) atoms. The number of hydrogen-bond donors (Lipinski definition) is 4. The molecular formula is C30H48N2O8. The van der Waals surface area contributed by atoms with Gasteiger partial charge in [-0.05, 0) is 50.3 Å². The molecule has 0 amide bonds. The molecule has 1 heterocycles. The average molecular weight is 565 g/mol. The zero-order chi connectivity index (χ0) is 29.5. The van der Waals surface area contributed by atoms with Crippen LogP contribution in [-0.4, -0.2) is 114 Å². The van der Waals surface area contributed by atoms with Crippen molar-refractivity contribution in [3.63, 3.8) is 0 Å². The third kappa shape index (κ3) is 11.5. The number of allylic oxidation sites excluding steroid dienone is 1. The van der Waals surface area contributed by atoms with Crippen LogP contribution >= 0.6 is 0 Å². The van der Waals surface area contributed by atoms with Gasteiger partial charge in [0, 0.05) is 45.2 Å². The van der Waals surface area contributed by atoms with Gasteiger partial charge in [0.15, 0.2) is 0 Å². The predicted molar refractivity (Wildman–Crippen MR) is 154 cm³/mol. The van der Waals surface area contributed by atoms with Gasteiger partial charge >= 0.3 is 11.9 Å². The molecule has 3 rings (SSSR count). The van der Waals surface area contributed by atoms with Crippen LogP contribution in [-0.2, 0) is 19.1 Å². The molecule has 226 valence electrons. The highest BCUT2D eigenvalue weighted by molar-refractivity contribution is 6.17. The summed E-state index contributed by atoms with van der Waals surface area (Å²) in [6.45, 7) is 12.8. The van der Waals surface area contributed by atoms with Crippen molar-refractivity contribution in [2.45, 2.75) is 52.9 Å². The topological polar surface area (TPSA) is 140 Å². The van der Waals surface area contributed by atoms with Gasteiger partial charge < -0.3 is 29.9 Å². The minimum atomic E-state index is -1.03. The number of aliphatic hydroxyl groups is 2. The smallest absolute Gasteiger partial charge is 0.339 e. The van der Waals surface area contributed by atoms with Crippen LogP contribution in [0.2, 0.25) is 0 Å². The highest BCUT2D eigenvalue weighted by Gasteiger charge is 2.27. The van der Waals surface area contributed by atoms with Crippen LogP contribution in [0, 0.1) is 26.7 Å². The number of benzene rings is 1. The van der Waals surface area contributed by atoms with E-state index in [0.29, 0.717) is 25.4 Å². The van der Waals surface area contributed by atoms with Gasteiger partial charge in [0.05, 0.1) is 26.4 Å². The quantitative estimate of drug-likeness (QED) is 0.160. The molecular weight excluding hydrogens is 516 g/mol. The lowest BCUT2D eigenvalue weighted by Crippen LogP contribution is -2.48. The van der Waals surface area contributed by atoms with E-state index in [1.165, 1.54) is 6.42 Å². The molecule has 2 fully saturated rings. The fourth-order valence-corrected chi connectivity index (χ4v) is 5.45. The second kappa shape index (κ2) is 18.0. The summed E-state index contributed by atoms with van der Waals surface area (Å²) in [5.74, 6) is -1.90. The molecule has 1 aromatic carbocycles. The van der Waals surface area contributed by atoms with Crippen molar-refractivity contribution in [3.8, 4) is 0 Å². The first-order chi connectivity index (χ1) is 19.1. The Bertz CT molecular complexity index is 943. The predicted octanol–water partition coefficient (Wildman–Crippen LogP) is 3.26. The molecule has 10 heteroatoms. The first-order valence-electron chi connectivity index (χ1n) is 14.3. The number of aliphatic carboxylic acids is 2. The Morgan fingerprint density at radius 3 is 1.82 bits per heavy atom. The highest BCUT2D eigenvalue weighted by atomic mass is 16.5. The largest absolute Gasteiger partial charge is 0.511 e. The third-order valence-electron chi connectivity index (χ3n) is 7.42. The van der Waals surface area contributed by atoms with E-state index in [1.54, 1.807) is 0 Å². The first kappa shape index (κ1) is 33.7. The standard InChI is InChI=1S/C18H24O3.C12H24N2O5/c1-11-9-12(2)15(13(3)10-11)16(18(20)21)17(19)14-7-5-4-6-8-14;15-7-10-18-8-5-13-1-3-14(4-2-13)6-9-19-11-12(16)17/h9-10,14,19H,4-8H2,1-3H3,(H,20,21);15H,1-11H2,(H,16,17)/b17-16+;. The Hall–Kier alpha value is -2.50. The molecule has 4 N–H and O–H groups in total. The fraction of sp³-hybridized carbons (Fsp3) is 0.667. The molecule has 1 aromatic rings. The lowest BCUT2D eigenvalue weighted by atomic mass is 9.83. The van der Waals surface area contributed by atoms with E-state index >= 15 is 0 Å². The molecule has 1 aliphatic carbocycles. The maximum atomic E-state index is 11.8. The summed E-state index contributed by atoms with van der Waals surface area (Å²) in [5.41, 5.74) is 3.70. The minimum Gasteiger partial charge on any atom is -0.511 e. The third-order valence-corrected chi connectivity index (χ3v) is 7.42. The van der Waals surface area contributed by atoms with Crippen LogP contribution in [0.25, 0.3) is 5.57 Å². The van der Waals surface area contributed by atoms with Crippen LogP contribution in [0.3, 0.4) is 0 Å². The van der Waals surface area contributed by atoms with Crippen molar-refractivity contribution in [2.75, 3.05) is 72.3 Å². The molecule has 2 aliphatic rings. The Morgan fingerprint density at radius 1 is 0.825 bits per heavy atom. The number of carboxylic acids is 2. The number of ether oxygens (including phenoxy) is 2. The lowest BCUT2D eigenvalue weighted by Gasteiger charge is -2.34. The van der Waals surface area contributed by atoms with Crippen molar-refractivity contribution in [1.29, 1.82) is 0 Å². The number of piperazine rings is 1. The SMILES string of the molecule is Cc1cc(C)c(/C(C(=O)O)=C(\O)C2CCCCC2)c(C)c1.O=C(O)COCCN1CCN(CCOCCO)CC1. The van der Waals surface area contributed by atoms with Gasteiger partial charge in [-0.25, -0.2) is 9.59 Å². The summed E-state index contributed by atoms with van der Waals surface area (Å²) in [6.07, 6.45) is 5.06. The number of nitrogens with zero attached hydrogens (tertiary/aromatic N) is 2. The van der Waals surface area contributed by atoms with E-state index in [4.69, 9.17) is 19.7 Å². The van der Waals surface area contributed by atoms with Gasteiger partial charge in [-0.1, -0.05) is 37.0 Å². The molecule has 0 unspecified atom stereocenters. The second-order valence-corrected chi connectivity index (χ2v) is 10.6. The van der Waals surface area contributed by atoms with E-state index in [0.717, 1.165) is 81.6 Å². The zero-order valence-electron chi connectivity index (χ0n) is 24.4. The molecule has 0 bridgehead atoms. The summed E-state index contributed by atoms with van der Waals surface area (Å²) < 4.78 is 10.3. The fourth-order valence-electron chi connectivity index (χ4n) is 5.45. The van der Waals surface area contributed by atoms with Crippen molar-refractivity contribution < 1.29 is 39.5 Å². The number of carboxylic acid groups (broad SMARTS) is 2. The number of aliphatic hydroxyl groups excluding tert-OH is 2. The second-order valence-electron chi connectivity index (χ2n) is 10.6. The summed E-state index contributed by atoms with van der Waals surface area (Å²) in [6, 6.07) is 3.94. The summed E-state index contributed by atoms with van der Waals surface area (Å²) in [4.78, 5) is 26.6. The van der Waals surface area contributed by atoms with Gasteiger partial charge in [0.2, 0.25) is 0 Å².